The van der Waals surface area contributed by atoms with Crippen molar-refractivity contribution in [3.63, 3.8) is 0 Å². The van der Waals surface area contributed by atoms with Gasteiger partial charge in [-0.3, -0.25) is 19.4 Å². The van der Waals surface area contributed by atoms with E-state index in [-0.39, 0.29) is 5.91 Å². The summed E-state index contributed by atoms with van der Waals surface area (Å²) in [6.45, 7) is 0.397. The summed E-state index contributed by atoms with van der Waals surface area (Å²) in [7, 11) is 1.88. The van der Waals surface area contributed by atoms with Crippen LogP contribution >= 0.6 is 0 Å². The predicted octanol–water partition coefficient (Wildman–Crippen LogP) is 1.81. The lowest BCUT2D eigenvalue weighted by Crippen LogP contribution is -2.23. The van der Waals surface area contributed by atoms with Crippen molar-refractivity contribution >= 4 is 5.91 Å². The number of aryl methyl sites for hydroxylation is 1. The summed E-state index contributed by atoms with van der Waals surface area (Å²) < 4.78 is 1.78. The molecule has 0 bridgehead atoms. The molecule has 3 heterocycles. The second-order valence-corrected chi connectivity index (χ2v) is 4.82. The summed E-state index contributed by atoms with van der Waals surface area (Å²) in [5.41, 5.74) is 3.26. The molecular formula is C16H15N5O. The number of carbonyl (C=O) groups is 1. The zero-order valence-electron chi connectivity index (χ0n) is 12.1. The molecule has 22 heavy (non-hydrogen) atoms. The van der Waals surface area contributed by atoms with E-state index in [1.165, 1.54) is 0 Å². The maximum absolute atomic E-state index is 12.0. The van der Waals surface area contributed by atoms with E-state index in [9.17, 15) is 4.79 Å². The minimum absolute atomic E-state index is 0.202. The number of amides is 1. The Morgan fingerprint density at radius 2 is 2.14 bits per heavy atom. The van der Waals surface area contributed by atoms with Crippen molar-refractivity contribution < 1.29 is 4.79 Å². The highest BCUT2D eigenvalue weighted by Gasteiger charge is 2.07. The van der Waals surface area contributed by atoms with Crippen LogP contribution in [0, 0.1) is 0 Å². The van der Waals surface area contributed by atoms with Gasteiger partial charge in [0.25, 0.3) is 5.91 Å². The maximum Gasteiger partial charge on any atom is 0.270 e. The number of pyridine rings is 2. The maximum atomic E-state index is 12.0. The van der Waals surface area contributed by atoms with Crippen LogP contribution in [0.2, 0.25) is 0 Å². The quantitative estimate of drug-likeness (QED) is 0.796. The molecule has 0 aliphatic heterocycles. The van der Waals surface area contributed by atoms with Crippen LogP contribution in [0.1, 0.15) is 16.1 Å². The molecule has 0 radical (unpaired) electrons. The first kappa shape index (κ1) is 13.9. The lowest BCUT2D eigenvalue weighted by atomic mass is 10.1. The summed E-state index contributed by atoms with van der Waals surface area (Å²) in [6.07, 6.45) is 6.85. The third-order valence-electron chi connectivity index (χ3n) is 3.26. The van der Waals surface area contributed by atoms with Crippen LogP contribution < -0.4 is 5.32 Å². The normalized spacial score (nSPS) is 10.4. The largest absolute Gasteiger partial charge is 0.347 e. The van der Waals surface area contributed by atoms with E-state index in [1.807, 2.05) is 19.2 Å². The zero-order chi connectivity index (χ0) is 15.4. The van der Waals surface area contributed by atoms with E-state index in [2.05, 4.69) is 20.4 Å². The van der Waals surface area contributed by atoms with Gasteiger partial charge in [0.15, 0.2) is 0 Å². The molecule has 6 heteroatoms. The minimum atomic E-state index is -0.202. The second kappa shape index (κ2) is 6.17. The van der Waals surface area contributed by atoms with Gasteiger partial charge in [0.2, 0.25) is 0 Å². The molecule has 0 fully saturated rings. The Kier molecular flexibility index (Phi) is 3.91. The van der Waals surface area contributed by atoms with Gasteiger partial charge in [-0.05, 0) is 29.8 Å². The molecule has 6 nitrogen and oxygen atoms in total. The van der Waals surface area contributed by atoms with E-state index < -0.39 is 0 Å². The number of hydrogen-bond acceptors (Lipinski definition) is 4. The first-order chi connectivity index (χ1) is 10.7. The molecular weight excluding hydrogens is 278 g/mol. The molecule has 1 N–H and O–H groups in total. The number of aromatic nitrogens is 4. The SMILES string of the molecule is Cn1nccc1-c1cncc(CNC(=O)c2ccccn2)c1. The molecule has 3 aromatic heterocycles. The summed E-state index contributed by atoms with van der Waals surface area (Å²) in [5.74, 6) is -0.202. The summed E-state index contributed by atoms with van der Waals surface area (Å²) in [6, 6.07) is 9.15. The number of rotatable bonds is 4. The van der Waals surface area contributed by atoms with Gasteiger partial charge in [-0.25, -0.2) is 0 Å². The number of nitrogens with one attached hydrogen (secondary N) is 1. The van der Waals surface area contributed by atoms with E-state index in [0.717, 1.165) is 16.8 Å². The van der Waals surface area contributed by atoms with Crippen LogP contribution in [0.25, 0.3) is 11.3 Å². The number of hydrogen-bond donors (Lipinski definition) is 1. The fourth-order valence-electron chi connectivity index (χ4n) is 2.15. The molecule has 0 saturated carbocycles. The number of nitrogens with zero attached hydrogens (tertiary/aromatic N) is 4. The van der Waals surface area contributed by atoms with Gasteiger partial charge in [-0.1, -0.05) is 6.07 Å². The van der Waals surface area contributed by atoms with Gasteiger partial charge in [0.05, 0.1) is 5.69 Å². The van der Waals surface area contributed by atoms with Crippen molar-refractivity contribution in [1.82, 2.24) is 25.1 Å². The van der Waals surface area contributed by atoms with Crippen LogP contribution in [0.3, 0.4) is 0 Å². The van der Waals surface area contributed by atoms with Crippen molar-refractivity contribution in [3.8, 4) is 11.3 Å². The van der Waals surface area contributed by atoms with Crippen LogP contribution in [0.5, 0.6) is 0 Å². The minimum Gasteiger partial charge on any atom is -0.347 e. The molecule has 0 aliphatic rings. The summed E-state index contributed by atoms with van der Waals surface area (Å²) in [4.78, 5) is 20.2. The monoisotopic (exact) mass is 293 g/mol. The van der Waals surface area contributed by atoms with Gasteiger partial charge in [-0.15, -0.1) is 0 Å². The zero-order valence-corrected chi connectivity index (χ0v) is 12.1. The predicted molar refractivity (Wildman–Crippen MR) is 81.8 cm³/mol. The highest BCUT2D eigenvalue weighted by Crippen LogP contribution is 2.18. The Hall–Kier alpha value is -3.02. The molecule has 0 aliphatic carbocycles. The van der Waals surface area contributed by atoms with Crippen molar-refractivity contribution in [3.05, 3.63) is 66.4 Å². The Morgan fingerprint density at radius 3 is 2.86 bits per heavy atom. The molecule has 0 atom stereocenters. The van der Waals surface area contributed by atoms with Gasteiger partial charge in [-0.2, -0.15) is 5.10 Å². The molecule has 0 spiro atoms. The Labute approximate surface area is 127 Å². The van der Waals surface area contributed by atoms with Crippen molar-refractivity contribution in [2.45, 2.75) is 6.54 Å². The van der Waals surface area contributed by atoms with E-state index in [1.54, 1.807) is 47.7 Å². The van der Waals surface area contributed by atoms with Crippen molar-refractivity contribution in [2.75, 3.05) is 0 Å². The average Bonchev–Trinajstić information content (AvgIpc) is 3.00. The molecule has 0 aromatic carbocycles. The van der Waals surface area contributed by atoms with Crippen LogP contribution in [0.4, 0.5) is 0 Å². The fourth-order valence-corrected chi connectivity index (χ4v) is 2.15. The van der Waals surface area contributed by atoms with Crippen LogP contribution in [-0.4, -0.2) is 25.7 Å². The average molecular weight is 293 g/mol. The summed E-state index contributed by atoms with van der Waals surface area (Å²) in [5, 5.41) is 6.99. The highest BCUT2D eigenvalue weighted by atomic mass is 16.1. The van der Waals surface area contributed by atoms with Crippen LogP contribution in [-0.2, 0) is 13.6 Å². The van der Waals surface area contributed by atoms with Crippen LogP contribution in [0.15, 0.2) is 55.1 Å². The Bertz CT molecular complexity index is 782. The van der Waals surface area contributed by atoms with Gasteiger partial charge < -0.3 is 5.32 Å². The Morgan fingerprint density at radius 1 is 1.23 bits per heavy atom. The molecule has 0 saturated heterocycles. The summed E-state index contributed by atoms with van der Waals surface area (Å²) >= 11 is 0. The fraction of sp³-hybridized carbons (Fsp3) is 0.125. The smallest absolute Gasteiger partial charge is 0.270 e. The van der Waals surface area contributed by atoms with Crippen molar-refractivity contribution in [2.24, 2.45) is 7.05 Å². The lowest BCUT2D eigenvalue weighted by molar-refractivity contribution is 0.0946. The Balaban J connectivity index is 1.71. The van der Waals surface area contributed by atoms with Gasteiger partial charge in [0, 0.05) is 43.9 Å². The van der Waals surface area contributed by atoms with Gasteiger partial charge >= 0.3 is 0 Å². The molecule has 3 rings (SSSR count). The molecule has 0 unspecified atom stereocenters. The van der Waals surface area contributed by atoms with E-state index >= 15 is 0 Å². The number of carbonyl (C=O) groups excluding carboxylic acids is 1. The first-order valence-electron chi connectivity index (χ1n) is 6.85. The standard InChI is InChI=1S/C16H15N5O/c1-21-15(5-7-20-21)13-8-12(9-17-11-13)10-19-16(22)14-4-2-3-6-18-14/h2-9,11H,10H2,1H3,(H,19,22). The van der Waals surface area contributed by atoms with E-state index in [4.69, 9.17) is 0 Å². The first-order valence-corrected chi connectivity index (χ1v) is 6.85. The third kappa shape index (κ3) is 3.01. The lowest BCUT2D eigenvalue weighted by Gasteiger charge is -2.07. The van der Waals surface area contributed by atoms with Gasteiger partial charge in [0.1, 0.15) is 5.69 Å². The van der Waals surface area contributed by atoms with E-state index in [0.29, 0.717) is 12.2 Å². The molecule has 110 valence electrons. The highest BCUT2D eigenvalue weighted by molar-refractivity contribution is 5.92. The molecule has 1 amide bonds. The molecule has 3 aromatic rings. The third-order valence-corrected chi connectivity index (χ3v) is 3.26. The van der Waals surface area contributed by atoms with Crippen molar-refractivity contribution in [1.29, 1.82) is 0 Å². The second-order valence-electron chi connectivity index (χ2n) is 4.82. The topological polar surface area (TPSA) is 72.7 Å².